The number of hydrogen-bond donors (Lipinski definition) is 1. The van der Waals surface area contributed by atoms with E-state index in [9.17, 15) is 9.90 Å². The van der Waals surface area contributed by atoms with Crippen LogP contribution in [-0.4, -0.2) is 16.1 Å². The van der Waals surface area contributed by atoms with Crippen molar-refractivity contribution in [2.45, 2.75) is 13.8 Å². The number of carboxylic acid groups (broad SMARTS) is 1. The van der Waals surface area contributed by atoms with Gasteiger partial charge in [-0.2, -0.15) is 0 Å². The Hall–Kier alpha value is -1.78. The van der Waals surface area contributed by atoms with Crippen LogP contribution in [0.15, 0.2) is 24.3 Å². The van der Waals surface area contributed by atoms with E-state index >= 15 is 0 Å². The Labute approximate surface area is 125 Å². The summed E-state index contributed by atoms with van der Waals surface area (Å²) >= 11 is 11.7. The van der Waals surface area contributed by atoms with Crippen molar-refractivity contribution in [3.05, 3.63) is 51.1 Å². The van der Waals surface area contributed by atoms with Gasteiger partial charge >= 0.3 is 5.97 Å². The van der Waals surface area contributed by atoms with E-state index in [0.717, 1.165) is 0 Å². The third-order valence-electron chi connectivity index (χ3n) is 2.63. The van der Waals surface area contributed by atoms with Gasteiger partial charge in [-0.05, 0) is 37.6 Å². The molecular formula is C14H11Cl2NO3. The first kappa shape index (κ1) is 14.6. The highest BCUT2D eigenvalue weighted by molar-refractivity contribution is 6.42. The highest BCUT2D eigenvalue weighted by Gasteiger charge is 2.18. The van der Waals surface area contributed by atoms with Crippen LogP contribution in [0, 0.1) is 13.8 Å². The summed E-state index contributed by atoms with van der Waals surface area (Å²) in [6.45, 7) is 3.46. The molecule has 0 amide bonds. The molecule has 1 N–H and O–H groups in total. The van der Waals surface area contributed by atoms with Gasteiger partial charge in [0, 0.05) is 11.8 Å². The number of hydrogen-bond acceptors (Lipinski definition) is 3. The van der Waals surface area contributed by atoms with Crippen LogP contribution in [0.2, 0.25) is 10.0 Å². The van der Waals surface area contributed by atoms with Gasteiger partial charge in [-0.3, -0.25) is 0 Å². The summed E-state index contributed by atoms with van der Waals surface area (Å²) in [5, 5.41) is 9.97. The summed E-state index contributed by atoms with van der Waals surface area (Å²) in [6, 6.07) is 6.36. The van der Waals surface area contributed by atoms with Crippen LogP contribution in [0.3, 0.4) is 0 Å². The third kappa shape index (κ3) is 3.03. The van der Waals surface area contributed by atoms with Crippen molar-refractivity contribution < 1.29 is 14.6 Å². The van der Waals surface area contributed by atoms with Gasteiger partial charge in [0.1, 0.15) is 11.3 Å². The number of benzene rings is 1. The Balaban J connectivity index is 2.47. The summed E-state index contributed by atoms with van der Waals surface area (Å²) in [7, 11) is 0. The number of rotatable bonds is 3. The predicted molar refractivity (Wildman–Crippen MR) is 77.2 cm³/mol. The number of pyridine rings is 1. The molecule has 0 unspecified atom stereocenters. The lowest BCUT2D eigenvalue weighted by Gasteiger charge is -2.11. The zero-order chi connectivity index (χ0) is 14.9. The number of aromatic carboxylic acids is 1. The second kappa shape index (κ2) is 5.69. The quantitative estimate of drug-likeness (QED) is 0.906. The van der Waals surface area contributed by atoms with E-state index in [1.54, 1.807) is 32.0 Å². The molecule has 1 aromatic carbocycles. The fourth-order valence-corrected chi connectivity index (χ4v) is 2.08. The molecule has 1 heterocycles. The second-order valence-electron chi connectivity index (χ2n) is 4.24. The highest BCUT2D eigenvalue weighted by Crippen LogP contribution is 2.31. The Morgan fingerprint density at radius 2 is 1.90 bits per heavy atom. The molecule has 0 fully saturated rings. The van der Waals surface area contributed by atoms with Crippen LogP contribution in [0.1, 0.15) is 21.6 Å². The first-order valence-electron chi connectivity index (χ1n) is 5.73. The number of aryl methyl sites for hydroxylation is 2. The van der Waals surface area contributed by atoms with Gasteiger partial charge in [0.25, 0.3) is 0 Å². The van der Waals surface area contributed by atoms with Crippen LogP contribution in [0.4, 0.5) is 0 Å². The predicted octanol–water partition coefficient (Wildman–Crippen LogP) is 4.50. The molecule has 0 aliphatic carbocycles. The van der Waals surface area contributed by atoms with E-state index in [1.165, 1.54) is 6.07 Å². The maximum atomic E-state index is 11.3. The summed E-state index contributed by atoms with van der Waals surface area (Å²) in [4.78, 5) is 15.4. The molecule has 0 saturated carbocycles. The van der Waals surface area contributed by atoms with Crippen LogP contribution >= 0.6 is 23.2 Å². The number of carbonyl (C=O) groups is 1. The number of nitrogens with zero attached hydrogens (tertiary/aromatic N) is 1. The maximum absolute atomic E-state index is 11.3. The number of carboxylic acids is 1. The topological polar surface area (TPSA) is 59.4 Å². The van der Waals surface area contributed by atoms with Crippen molar-refractivity contribution in [2.24, 2.45) is 0 Å². The lowest BCUT2D eigenvalue weighted by atomic mass is 10.1. The van der Waals surface area contributed by atoms with Gasteiger partial charge < -0.3 is 9.84 Å². The number of aromatic nitrogens is 1. The standard InChI is InChI=1S/C14H11Cl2NO3/c1-7-5-8(2)17-13(12(7)14(18)19)20-9-3-4-10(15)11(16)6-9/h3-6H,1-2H3,(H,18,19). The van der Waals surface area contributed by atoms with Gasteiger partial charge in [-0.25, -0.2) is 9.78 Å². The fraction of sp³-hybridized carbons (Fsp3) is 0.143. The van der Waals surface area contributed by atoms with Gasteiger partial charge in [0.15, 0.2) is 0 Å². The average molecular weight is 312 g/mol. The van der Waals surface area contributed by atoms with E-state index in [0.29, 0.717) is 27.1 Å². The minimum atomic E-state index is -1.09. The van der Waals surface area contributed by atoms with Crippen LogP contribution in [0.25, 0.3) is 0 Å². The highest BCUT2D eigenvalue weighted by atomic mass is 35.5. The Kier molecular flexibility index (Phi) is 4.16. The number of halogens is 2. The molecule has 4 nitrogen and oxygen atoms in total. The first-order valence-corrected chi connectivity index (χ1v) is 6.48. The van der Waals surface area contributed by atoms with Gasteiger partial charge in [0.2, 0.25) is 5.88 Å². The van der Waals surface area contributed by atoms with E-state index < -0.39 is 5.97 Å². The molecular weight excluding hydrogens is 301 g/mol. The largest absolute Gasteiger partial charge is 0.477 e. The third-order valence-corrected chi connectivity index (χ3v) is 3.37. The smallest absolute Gasteiger partial charge is 0.341 e. The van der Waals surface area contributed by atoms with Crippen molar-refractivity contribution in [2.75, 3.05) is 0 Å². The molecule has 0 saturated heterocycles. The fourth-order valence-electron chi connectivity index (χ4n) is 1.79. The van der Waals surface area contributed by atoms with Gasteiger partial charge in [-0.1, -0.05) is 23.2 Å². The molecule has 0 radical (unpaired) electrons. The molecule has 6 heteroatoms. The maximum Gasteiger partial charge on any atom is 0.341 e. The summed E-state index contributed by atoms with van der Waals surface area (Å²) in [5.41, 5.74) is 1.28. The summed E-state index contributed by atoms with van der Waals surface area (Å²) in [6.07, 6.45) is 0. The molecule has 0 aliphatic rings. The van der Waals surface area contributed by atoms with Crippen molar-refractivity contribution >= 4 is 29.2 Å². The van der Waals surface area contributed by atoms with E-state index in [4.69, 9.17) is 27.9 Å². The molecule has 104 valence electrons. The van der Waals surface area contributed by atoms with Gasteiger partial charge in [-0.15, -0.1) is 0 Å². The van der Waals surface area contributed by atoms with Crippen molar-refractivity contribution in [1.29, 1.82) is 0 Å². The molecule has 2 aromatic rings. The average Bonchev–Trinajstić information content (AvgIpc) is 2.32. The zero-order valence-electron chi connectivity index (χ0n) is 10.8. The molecule has 1 aromatic heterocycles. The van der Waals surface area contributed by atoms with Crippen molar-refractivity contribution in [3.8, 4) is 11.6 Å². The van der Waals surface area contributed by atoms with Crippen LogP contribution in [-0.2, 0) is 0 Å². The van der Waals surface area contributed by atoms with E-state index in [1.807, 2.05) is 0 Å². The second-order valence-corrected chi connectivity index (χ2v) is 5.06. The minimum absolute atomic E-state index is 0.0293. The van der Waals surface area contributed by atoms with Crippen molar-refractivity contribution in [3.63, 3.8) is 0 Å². The summed E-state index contributed by atoms with van der Waals surface area (Å²) < 4.78 is 5.53. The Bertz CT molecular complexity index is 686. The molecule has 0 aliphatic heterocycles. The monoisotopic (exact) mass is 311 g/mol. The lowest BCUT2D eigenvalue weighted by Crippen LogP contribution is -2.06. The normalized spacial score (nSPS) is 10.4. The van der Waals surface area contributed by atoms with Crippen LogP contribution < -0.4 is 4.74 Å². The minimum Gasteiger partial charge on any atom is -0.477 e. The van der Waals surface area contributed by atoms with Gasteiger partial charge in [0.05, 0.1) is 10.0 Å². The first-order chi connectivity index (χ1) is 9.38. The summed E-state index contributed by atoms with van der Waals surface area (Å²) in [5.74, 6) is -0.683. The molecule has 0 atom stereocenters. The Morgan fingerprint density at radius 3 is 2.50 bits per heavy atom. The molecule has 0 bridgehead atoms. The molecule has 0 spiro atoms. The number of ether oxygens (including phenoxy) is 1. The van der Waals surface area contributed by atoms with Crippen LogP contribution in [0.5, 0.6) is 11.6 Å². The van der Waals surface area contributed by atoms with E-state index in [2.05, 4.69) is 4.98 Å². The zero-order valence-corrected chi connectivity index (χ0v) is 12.3. The molecule has 20 heavy (non-hydrogen) atoms. The van der Waals surface area contributed by atoms with Crippen molar-refractivity contribution in [1.82, 2.24) is 4.98 Å². The SMILES string of the molecule is Cc1cc(C)c(C(=O)O)c(Oc2ccc(Cl)c(Cl)c2)n1. The lowest BCUT2D eigenvalue weighted by molar-refractivity contribution is 0.0692. The molecule has 2 rings (SSSR count). The Morgan fingerprint density at radius 1 is 1.20 bits per heavy atom. The van der Waals surface area contributed by atoms with E-state index in [-0.39, 0.29) is 11.4 Å².